The summed E-state index contributed by atoms with van der Waals surface area (Å²) in [5.74, 6) is 0.287. The highest BCUT2D eigenvalue weighted by atomic mass is 35.5. The monoisotopic (exact) mass is 455 g/mol. The Morgan fingerprint density at radius 3 is 2.55 bits per heavy atom. The minimum absolute atomic E-state index is 0.0457. The Morgan fingerprint density at radius 2 is 1.93 bits per heavy atom. The van der Waals surface area contributed by atoms with Gasteiger partial charge in [0.05, 0.1) is 11.5 Å². The second-order valence-corrected chi connectivity index (χ2v) is 10.3. The van der Waals surface area contributed by atoms with Gasteiger partial charge in [0.1, 0.15) is 5.75 Å². The van der Waals surface area contributed by atoms with Crippen LogP contribution in [0, 0.1) is 6.92 Å². The Labute approximate surface area is 181 Å². The van der Waals surface area contributed by atoms with E-state index < -0.39 is 22.0 Å². The van der Waals surface area contributed by atoms with Crippen molar-refractivity contribution in [2.24, 2.45) is 0 Å². The van der Waals surface area contributed by atoms with Gasteiger partial charge in [-0.05, 0) is 55.7 Å². The van der Waals surface area contributed by atoms with Crippen LogP contribution in [0.15, 0.2) is 42.5 Å². The molecule has 8 heteroatoms. The van der Waals surface area contributed by atoms with Crippen LogP contribution >= 0.6 is 23.2 Å². The SMILES string of the molecule is Cc1cc(O[C@H](C)C(=O)N(Cc2ccccc2Cl)[C@H]2CCS(=O)(=O)C2)ccc1Cl. The smallest absolute Gasteiger partial charge is 0.263 e. The van der Waals surface area contributed by atoms with Crippen LogP contribution in [0.5, 0.6) is 5.75 Å². The van der Waals surface area contributed by atoms with Crippen molar-refractivity contribution in [3.8, 4) is 5.75 Å². The number of rotatable bonds is 6. The van der Waals surface area contributed by atoms with E-state index in [1.165, 1.54) is 0 Å². The Morgan fingerprint density at radius 1 is 1.21 bits per heavy atom. The highest BCUT2D eigenvalue weighted by molar-refractivity contribution is 7.91. The summed E-state index contributed by atoms with van der Waals surface area (Å²) >= 11 is 12.3. The van der Waals surface area contributed by atoms with E-state index >= 15 is 0 Å². The van der Waals surface area contributed by atoms with Gasteiger partial charge in [-0.2, -0.15) is 0 Å². The molecule has 0 spiro atoms. The molecule has 1 heterocycles. The third-order valence-corrected chi connectivity index (χ3v) is 7.56. The summed E-state index contributed by atoms with van der Waals surface area (Å²) in [6.07, 6.45) is -0.382. The first kappa shape index (κ1) is 21.9. The second kappa shape index (κ2) is 8.94. The van der Waals surface area contributed by atoms with E-state index in [2.05, 4.69) is 0 Å². The van der Waals surface area contributed by atoms with Crippen LogP contribution in [-0.2, 0) is 21.2 Å². The van der Waals surface area contributed by atoms with Crippen LogP contribution in [0.3, 0.4) is 0 Å². The van der Waals surface area contributed by atoms with Crippen molar-refractivity contribution in [2.45, 2.75) is 39.0 Å². The minimum Gasteiger partial charge on any atom is -0.481 e. The van der Waals surface area contributed by atoms with Gasteiger partial charge in [-0.25, -0.2) is 8.42 Å². The number of carbonyl (C=O) groups is 1. The molecule has 29 heavy (non-hydrogen) atoms. The first-order valence-corrected chi connectivity index (χ1v) is 11.9. The number of benzene rings is 2. The lowest BCUT2D eigenvalue weighted by atomic mass is 10.1. The van der Waals surface area contributed by atoms with Gasteiger partial charge in [0.25, 0.3) is 5.91 Å². The molecule has 5 nitrogen and oxygen atoms in total. The van der Waals surface area contributed by atoms with Crippen molar-refractivity contribution >= 4 is 38.9 Å². The van der Waals surface area contributed by atoms with Gasteiger partial charge in [0.15, 0.2) is 15.9 Å². The number of hydrogen-bond acceptors (Lipinski definition) is 4. The maximum atomic E-state index is 13.3. The summed E-state index contributed by atoms with van der Waals surface area (Å²) in [6, 6.07) is 12.0. The zero-order valence-electron chi connectivity index (χ0n) is 16.3. The molecular formula is C21H23Cl2NO4S. The van der Waals surface area contributed by atoms with Gasteiger partial charge >= 0.3 is 0 Å². The molecule has 0 radical (unpaired) electrons. The topological polar surface area (TPSA) is 63.7 Å². The van der Waals surface area contributed by atoms with Crippen molar-refractivity contribution in [1.29, 1.82) is 0 Å². The molecule has 2 aromatic rings. The molecular weight excluding hydrogens is 433 g/mol. The molecule has 1 aliphatic heterocycles. The van der Waals surface area contributed by atoms with E-state index in [0.717, 1.165) is 11.1 Å². The first-order chi connectivity index (χ1) is 13.7. The Kier molecular flexibility index (Phi) is 6.76. The predicted octanol–water partition coefficient (Wildman–Crippen LogP) is 4.29. The van der Waals surface area contributed by atoms with Crippen LogP contribution < -0.4 is 4.74 Å². The zero-order chi connectivity index (χ0) is 21.2. The number of carbonyl (C=O) groups excluding carboxylic acids is 1. The van der Waals surface area contributed by atoms with Gasteiger partial charge < -0.3 is 9.64 Å². The summed E-state index contributed by atoms with van der Waals surface area (Å²) < 4.78 is 29.9. The molecule has 1 fully saturated rings. The van der Waals surface area contributed by atoms with Crippen molar-refractivity contribution < 1.29 is 17.9 Å². The number of sulfone groups is 1. The van der Waals surface area contributed by atoms with E-state index in [0.29, 0.717) is 22.2 Å². The summed E-state index contributed by atoms with van der Waals surface area (Å²) in [7, 11) is -3.15. The first-order valence-electron chi connectivity index (χ1n) is 9.33. The van der Waals surface area contributed by atoms with Crippen LogP contribution in [0.4, 0.5) is 0 Å². The van der Waals surface area contributed by atoms with Crippen molar-refractivity contribution in [2.75, 3.05) is 11.5 Å². The molecule has 0 N–H and O–H groups in total. The average Bonchev–Trinajstić information content (AvgIpc) is 3.03. The standard InChI is InChI=1S/C21H23Cl2NO4S/c1-14-11-18(7-8-19(14)22)28-15(2)21(25)24(17-9-10-29(26,27)13-17)12-16-5-3-4-6-20(16)23/h3-8,11,15,17H,9-10,12-13H2,1-2H3/t15-,17+/m1/s1. The molecule has 0 bridgehead atoms. The molecule has 1 amide bonds. The van der Waals surface area contributed by atoms with Crippen molar-refractivity contribution in [1.82, 2.24) is 4.90 Å². The highest BCUT2D eigenvalue weighted by Crippen LogP contribution is 2.26. The number of ether oxygens (including phenoxy) is 1. The number of halogens is 2. The molecule has 0 saturated carbocycles. The predicted molar refractivity (Wildman–Crippen MR) is 115 cm³/mol. The van der Waals surface area contributed by atoms with E-state index in [1.807, 2.05) is 25.1 Å². The molecule has 2 aromatic carbocycles. The van der Waals surface area contributed by atoms with E-state index in [-0.39, 0.29) is 24.0 Å². The molecule has 1 saturated heterocycles. The Balaban J connectivity index is 1.82. The van der Waals surface area contributed by atoms with Gasteiger partial charge in [0.2, 0.25) is 0 Å². The highest BCUT2D eigenvalue weighted by Gasteiger charge is 2.36. The summed E-state index contributed by atoms with van der Waals surface area (Å²) in [5.41, 5.74) is 1.61. The third kappa shape index (κ3) is 5.44. The second-order valence-electron chi connectivity index (χ2n) is 7.29. The van der Waals surface area contributed by atoms with E-state index in [4.69, 9.17) is 27.9 Å². The third-order valence-electron chi connectivity index (χ3n) is 5.02. The Hall–Kier alpha value is -1.76. The summed E-state index contributed by atoms with van der Waals surface area (Å²) in [4.78, 5) is 14.8. The number of hydrogen-bond donors (Lipinski definition) is 0. The molecule has 0 unspecified atom stereocenters. The fourth-order valence-corrected chi connectivity index (χ4v) is 5.44. The van der Waals surface area contributed by atoms with E-state index in [1.54, 1.807) is 36.1 Å². The largest absolute Gasteiger partial charge is 0.481 e. The molecule has 1 aliphatic rings. The fourth-order valence-electron chi connectivity index (χ4n) is 3.40. The average molecular weight is 456 g/mol. The van der Waals surface area contributed by atoms with Crippen LogP contribution in [0.25, 0.3) is 0 Å². The van der Waals surface area contributed by atoms with Crippen LogP contribution in [-0.4, -0.2) is 42.9 Å². The van der Waals surface area contributed by atoms with Crippen LogP contribution in [0.1, 0.15) is 24.5 Å². The molecule has 2 atom stereocenters. The molecule has 3 rings (SSSR count). The summed E-state index contributed by atoms with van der Waals surface area (Å²) in [6.45, 7) is 3.75. The molecule has 156 valence electrons. The number of nitrogens with zero attached hydrogens (tertiary/aromatic N) is 1. The van der Waals surface area contributed by atoms with Crippen LogP contribution in [0.2, 0.25) is 10.0 Å². The van der Waals surface area contributed by atoms with Gasteiger partial charge in [-0.15, -0.1) is 0 Å². The molecule has 0 aromatic heterocycles. The maximum Gasteiger partial charge on any atom is 0.263 e. The number of amides is 1. The lowest BCUT2D eigenvalue weighted by molar-refractivity contribution is -0.140. The van der Waals surface area contributed by atoms with E-state index in [9.17, 15) is 13.2 Å². The quantitative estimate of drug-likeness (QED) is 0.651. The lowest BCUT2D eigenvalue weighted by Gasteiger charge is -2.31. The summed E-state index contributed by atoms with van der Waals surface area (Å²) in [5, 5.41) is 1.15. The van der Waals surface area contributed by atoms with Gasteiger partial charge in [-0.3, -0.25) is 4.79 Å². The lowest BCUT2D eigenvalue weighted by Crippen LogP contribution is -2.46. The number of aryl methyl sites for hydroxylation is 1. The maximum absolute atomic E-state index is 13.3. The minimum atomic E-state index is -3.15. The van der Waals surface area contributed by atoms with Crippen molar-refractivity contribution in [3.05, 3.63) is 63.6 Å². The fraction of sp³-hybridized carbons (Fsp3) is 0.381. The van der Waals surface area contributed by atoms with Crippen molar-refractivity contribution in [3.63, 3.8) is 0 Å². The van der Waals surface area contributed by atoms with Gasteiger partial charge in [0, 0.05) is 22.6 Å². The zero-order valence-corrected chi connectivity index (χ0v) is 18.6. The molecule has 0 aliphatic carbocycles. The Bertz CT molecular complexity index is 1010. The van der Waals surface area contributed by atoms with Gasteiger partial charge in [-0.1, -0.05) is 41.4 Å². The normalized spacial score (nSPS) is 19.0.